The van der Waals surface area contributed by atoms with Gasteiger partial charge in [0.2, 0.25) is 0 Å². The van der Waals surface area contributed by atoms with Crippen LogP contribution in [0.3, 0.4) is 0 Å². The molecule has 0 bridgehead atoms. The van der Waals surface area contributed by atoms with E-state index >= 15 is 0 Å². The van der Waals surface area contributed by atoms with Crippen LogP contribution >= 0.6 is 0 Å². The molecule has 2 rings (SSSR count). The number of aliphatic hydroxyl groups is 1. The van der Waals surface area contributed by atoms with Crippen LogP contribution in [-0.4, -0.2) is 23.8 Å². The van der Waals surface area contributed by atoms with Gasteiger partial charge in [0, 0.05) is 0 Å². The second kappa shape index (κ2) is 5.40. The van der Waals surface area contributed by atoms with Crippen LogP contribution in [0.5, 0.6) is 5.75 Å². The first kappa shape index (κ1) is 12.9. The van der Waals surface area contributed by atoms with Gasteiger partial charge in [-0.05, 0) is 37.0 Å². The first-order chi connectivity index (χ1) is 8.67. The van der Waals surface area contributed by atoms with Gasteiger partial charge in [0.25, 0.3) is 0 Å². The first-order valence-corrected chi connectivity index (χ1v) is 6.13. The first-order valence-electron chi connectivity index (χ1n) is 6.13. The molecule has 0 atom stereocenters. The van der Waals surface area contributed by atoms with Crippen LogP contribution in [0.15, 0.2) is 24.3 Å². The molecule has 98 valence electrons. The minimum atomic E-state index is -0.416. The Morgan fingerprint density at radius 3 is 2.78 bits per heavy atom. The lowest BCUT2D eigenvalue weighted by Gasteiger charge is -2.41. The maximum absolute atomic E-state index is 11.4. The summed E-state index contributed by atoms with van der Waals surface area (Å²) in [4.78, 5) is 11.4. The molecule has 1 N–H and O–H groups in total. The summed E-state index contributed by atoms with van der Waals surface area (Å²) in [6.07, 6.45) is 3.08. The van der Waals surface area contributed by atoms with Gasteiger partial charge < -0.3 is 14.6 Å². The van der Waals surface area contributed by atoms with Gasteiger partial charge in [0.1, 0.15) is 11.4 Å². The molecular weight excluding hydrogens is 232 g/mol. The minimum absolute atomic E-state index is 0.0127. The van der Waals surface area contributed by atoms with Crippen LogP contribution in [-0.2, 0) is 16.1 Å². The fraction of sp³-hybridized carbons (Fsp3) is 0.500. The van der Waals surface area contributed by atoms with Crippen LogP contribution in [0.25, 0.3) is 0 Å². The van der Waals surface area contributed by atoms with Gasteiger partial charge in [-0.1, -0.05) is 12.1 Å². The van der Waals surface area contributed by atoms with Crippen molar-refractivity contribution >= 4 is 5.97 Å². The van der Waals surface area contributed by atoms with Crippen molar-refractivity contribution in [3.8, 4) is 5.75 Å². The molecule has 0 amide bonds. The Kier molecular flexibility index (Phi) is 3.87. The number of hydrogen-bond acceptors (Lipinski definition) is 4. The number of carbonyl (C=O) groups excluding carboxylic acids is 1. The van der Waals surface area contributed by atoms with E-state index in [1.807, 2.05) is 18.2 Å². The van der Waals surface area contributed by atoms with Gasteiger partial charge in [-0.3, -0.25) is 4.79 Å². The molecule has 0 spiro atoms. The Labute approximate surface area is 107 Å². The molecule has 0 aromatic heterocycles. The molecule has 0 unspecified atom stereocenters. The highest BCUT2D eigenvalue weighted by molar-refractivity contribution is 5.70. The zero-order valence-corrected chi connectivity index (χ0v) is 10.5. The van der Waals surface area contributed by atoms with Gasteiger partial charge in [-0.15, -0.1) is 0 Å². The molecule has 18 heavy (non-hydrogen) atoms. The third-order valence-corrected chi connectivity index (χ3v) is 3.37. The molecule has 0 saturated heterocycles. The number of carbonyl (C=O) groups is 1. The zero-order chi connectivity index (χ0) is 13.0. The fourth-order valence-corrected chi connectivity index (χ4v) is 2.18. The molecule has 1 saturated carbocycles. The maximum atomic E-state index is 11.4. The molecule has 0 radical (unpaired) electrons. The summed E-state index contributed by atoms with van der Waals surface area (Å²) in [6.45, 7) is -0.0127. The quantitative estimate of drug-likeness (QED) is 0.812. The van der Waals surface area contributed by atoms with Crippen molar-refractivity contribution in [2.45, 2.75) is 37.9 Å². The van der Waals surface area contributed by atoms with E-state index < -0.39 is 5.60 Å². The average Bonchev–Trinajstić information content (AvgIpc) is 2.36. The third-order valence-electron chi connectivity index (χ3n) is 3.37. The second-order valence-corrected chi connectivity index (χ2v) is 4.70. The van der Waals surface area contributed by atoms with Gasteiger partial charge in [0.15, 0.2) is 0 Å². The predicted octanol–water partition coefficient (Wildman–Crippen LogP) is 2.04. The van der Waals surface area contributed by atoms with Crippen molar-refractivity contribution in [2.24, 2.45) is 0 Å². The summed E-state index contributed by atoms with van der Waals surface area (Å²) in [7, 11) is 1.39. The SMILES string of the molecule is COC(=O)CC1(Oc2cccc(CO)c2)CCC1. The predicted molar refractivity (Wildman–Crippen MR) is 66.2 cm³/mol. The minimum Gasteiger partial charge on any atom is -0.487 e. The monoisotopic (exact) mass is 250 g/mol. The number of benzene rings is 1. The van der Waals surface area contributed by atoms with E-state index in [0.29, 0.717) is 5.75 Å². The lowest BCUT2D eigenvalue weighted by molar-refractivity contribution is -0.148. The topological polar surface area (TPSA) is 55.8 Å². The Balaban J connectivity index is 2.07. The van der Waals surface area contributed by atoms with E-state index in [2.05, 4.69) is 0 Å². The van der Waals surface area contributed by atoms with Crippen molar-refractivity contribution in [1.29, 1.82) is 0 Å². The number of ether oxygens (including phenoxy) is 2. The van der Waals surface area contributed by atoms with Gasteiger partial charge in [0.05, 0.1) is 20.1 Å². The third kappa shape index (κ3) is 2.82. The highest BCUT2D eigenvalue weighted by Gasteiger charge is 2.41. The highest BCUT2D eigenvalue weighted by atomic mass is 16.5. The lowest BCUT2D eigenvalue weighted by atomic mass is 9.77. The molecule has 4 nitrogen and oxygen atoms in total. The van der Waals surface area contributed by atoms with E-state index in [9.17, 15) is 4.79 Å². The molecule has 4 heteroatoms. The number of hydrogen-bond donors (Lipinski definition) is 1. The van der Waals surface area contributed by atoms with E-state index in [1.54, 1.807) is 6.07 Å². The summed E-state index contributed by atoms with van der Waals surface area (Å²) >= 11 is 0. The maximum Gasteiger partial charge on any atom is 0.309 e. The van der Waals surface area contributed by atoms with Gasteiger partial charge in [-0.25, -0.2) is 0 Å². The van der Waals surface area contributed by atoms with Gasteiger partial charge >= 0.3 is 5.97 Å². The van der Waals surface area contributed by atoms with Crippen LogP contribution in [0, 0.1) is 0 Å². The van der Waals surface area contributed by atoms with E-state index in [0.717, 1.165) is 24.8 Å². The van der Waals surface area contributed by atoms with Gasteiger partial charge in [-0.2, -0.15) is 0 Å². The van der Waals surface area contributed by atoms with Crippen LogP contribution < -0.4 is 4.74 Å². The lowest BCUT2D eigenvalue weighted by Crippen LogP contribution is -2.45. The van der Waals surface area contributed by atoms with Crippen LogP contribution in [0.1, 0.15) is 31.2 Å². The van der Waals surface area contributed by atoms with Crippen molar-refractivity contribution in [3.05, 3.63) is 29.8 Å². The Bertz CT molecular complexity index is 424. The van der Waals surface area contributed by atoms with Crippen molar-refractivity contribution in [3.63, 3.8) is 0 Å². The summed E-state index contributed by atoms with van der Waals surface area (Å²) in [6, 6.07) is 7.32. The Morgan fingerprint density at radius 2 is 2.22 bits per heavy atom. The molecule has 1 aliphatic carbocycles. The molecular formula is C14H18O4. The normalized spacial score (nSPS) is 16.8. The zero-order valence-electron chi connectivity index (χ0n) is 10.5. The number of rotatable bonds is 5. The van der Waals surface area contributed by atoms with E-state index in [1.165, 1.54) is 7.11 Å². The van der Waals surface area contributed by atoms with E-state index in [-0.39, 0.29) is 19.0 Å². The van der Waals surface area contributed by atoms with Crippen molar-refractivity contribution in [1.82, 2.24) is 0 Å². The number of esters is 1. The fourth-order valence-electron chi connectivity index (χ4n) is 2.18. The Hall–Kier alpha value is -1.55. The summed E-state index contributed by atoms with van der Waals surface area (Å²) < 4.78 is 10.6. The molecule has 0 heterocycles. The molecule has 1 aromatic carbocycles. The number of methoxy groups -OCH3 is 1. The summed E-state index contributed by atoms with van der Waals surface area (Å²) in [5.41, 5.74) is 0.390. The highest BCUT2D eigenvalue weighted by Crippen LogP contribution is 2.39. The van der Waals surface area contributed by atoms with Crippen molar-refractivity contribution in [2.75, 3.05) is 7.11 Å². The Morgan fingerprint density at radius 1 is 1.44 bits per heavy atom. The summed E-state index contributed by atoms with van der Waals surface area (Å²) in [5, 5.41) is 9.09. The number of aliphatic hydroxyl groups excluding tert-OH is 1. The largest absolute Gasteiger partial charge is 0.487 e. The molecule has 1 aromatic rings. The molecule has 0 aliphatic heterocycles. The second-order valence-electron chi connectivity index (χ2n) is 4.70. The average molecular weight is 250 g/mol. The summed E-state index contributed by atoms with van der Waals surface area (Å²) in [5.74, 6) is 0.457. The van der Waals surface area contributed by atoms with E-state index in [4.69, 9.17) is 14.6 Å². The molecule has 1 aliphatic rings. The van der Waals surface area contributed by atoms with Crippen LogP contribution in [0.2, 0.25) is 0 Å². The smallest absolute Gasteiger partial charge is 0.309 e. The van der Waals surface area contributed by atoms with Crippen LogP contribution in [0.4, 0.5) is 0 Å². The van der Waals surface area contributed by atoms with Crippen molar-refractivity contribution < 1.29 is 19.4 Å². The molecule has 1 fully saturated rings. The standard InChI is InChI=1S/C14H18O4/c1-17-13(16)9-14(6-3-7-14)18-12-5-2-4-11(8-12)10-15/h2,4-5,8,15H,3,6-7,9-10H2,1H3.